The van der Waals surface area contributed by atoms with Crippen molar-refractivity contribution in [2.24, 2.45) is 5.92 Å². The van der Waals surface area contributed by atoms with Gasteiger partial charge < -0.3 is 9.64 Å². The zero-order chi connectivity index (χ0) is 12.4. The Kier molecular flexibility index (Phi) is 5.41. The van der Waals surface area contributed by atoms with Gasteiger partial charge in [0, 0.05) is 26.1 Å². The van der Waals surface area contributed by atoms with Crippen molar-refractivity contribution in [2.75, 3.05) is 19.7 Å². The number of carbonyl (C=O) groups excluding carboxylic acids is 2. The van der Waals surface area contributed by atoms with Crippen molar-refractivity contribution in [1.29, 1.82) is 0 Å². The van der Waals surface area contributed by atoms with Crippen LogP contribution in [0, 0.1) is 5.92 Å². The molecule has 0 saturated carbocycles. The molecule has 0 aromatic carbocycles. The lowest BCUT2D eigenvalue weighted by Gasteiger charge is -2.34. The predicted octanol–water partition coefficient (Wildman–Crippen LogP) is 0.570. The molecule has 2 aliphatic heterocycles. The molecule has 0 bridgehead atoms. The SMILES string of the molecule is CCOC(=O)C1CC2CCN(C(C)=O)CC2N1.Cl. The minimum absolute atomic E-state index is 0. The number of nitrogens with one attached hydrogen (secondary N) is 1. The van der Waals surface area contributed by atoms with Crippen molar-refractivity contribution in [3.05, 3.63) is 0 Å². The van der Waals surface area contributed by atoms with E-state index in [1.165, 1.54) is 0 Å². The average Bonchev–Trinajstić information content (AvgIpc) is 2.71. The van der Waals surface area contributed by atoms with Crippen LogP contribution in [0.4, 0.5) is 0 Å². The fraction of sp³-hybridized carbons (Fsp3) is 0.833. The molecule has 1 N–H and O–H groups in total. The summed E-state index contributed by atoms with van der Waals surface area (Å²) in [5.74, 6) is 0.459. The van der Waals surface area contributed by atoms with Crippen LogP contribution in [-0.2, 0) is 14.3 Å². The second kappa shape index (κ2) is 6.38. The number of rotatable bonds is 2. The van der Waals surface area contributed by atoms with E-state index in [-0.39, 0.29) is 36.4 Å². The molecule has 2 rings (SSSR count). The maximum Gasteiger partial charge on any atom is 0.323 e. The van der Waals surface area contributed by atoms with Crippen molar-refractivity contribution in [2.45, 2.75) is 38.8 Å². The van der Waals surface area contributed by atoms with E-state index in [0.717, 1.165) is 25.9 Å². The third-order valence-corrected chi connectivity index (χ3v) is 3.73. The van der Waals surface area contributed by atoms with E-state index in [1.807, 2.05) is 11.8 Å². The smallest absolute Gasteiger partial charge is 0.323 e. The molecule has 0 spiro atoms. The van der Waals surface area contributed by atoms with Crippen LogP contribution >= 0.6 is 12.4 Å². The van der Waals surface area contributed by atoms with Crippen LogP contribution in [0.1, 0.15) is 26.7 Å². The molecule has 0 aromatic rings. The van der Waals surface area contributed by atoms with Gasteiger partial charge in [0.25, 0.3) is 0 Å². The summed E-state index contributed by atoms with van der Waals surface area (Å²) in [5, 5.41) is 3.29. The summed E-state index contributed by atoms with van der Waals surface area (Å²) in [6.45, 7) is 5.37. The first-order valence-electron chi connectivity index (χ1n) is 6.30. The van der Waals surface area contributed by atoms with Gasteiger partial charge in [0.15, 0.2) is 0 Å². The number of nitrogens with zero attached hydrogens (tertiary/aromatic N) is 1. The van der Waals surface area contributed by atoms with E-state index in [9.17, 15) is 9.59 Å². The Bertz CT molecular complexity index is 324. The van der Waals surface area contributed by atoms with Crippen LogP contribution in [0.2, 0.25) is 0 Å². The van der Waals surface area contributed by atoms with Crippen LogP contribution in [0.25, 0.3) is 0 Å². The number of hydrogen-bond donors (Lipinski definition) is 1. The van der Waals surface area contributed by atoms with Crippen molar-refractivity contribution >= 4 is 24.3 Å². The molecule has 0 radical (unpaired) electrons. The van der Waals surface area contributed by atoms with Crippen LogP contribution in [-0.4, -0.2) is 48.6 Å². The first-order valence-corrected chi connectivity index (χ1v) is 6.30. The summed E-state index contributed by atoms with van der Waals surface area (Å²) >= 11 is 0. The van der Waals surface area contributed by atoms with Gasteiger partial charge in [-0.2, -0.15) is 0 Å². The van der Waals surface area contributed by atoms with Gasteiger partial charge in [0.05, 0.1) is 6.61 Å². The maximum absolute atomic E-state index is 11.6. The molecule has 2 fully saturated rings. The van der Waals surface area contributed by atoms with Crippen LogP contribution in [0.3, 0.4) is 0 Å². The standard InChI is InChI=1S/C12H20N2O3.ClH/c1-3-17-12(16)10-6-9-4-5-14(8(2)15)7-11(9)13-10;/h9-11,13H,3-7H2,1-2H3;1H. The molecule has 2 aliphatic rings. The molecule has 18 heavy (non-hydrogen) atoms. The normalized spacial score (nSPS) is 30.3. The highest BCUT2D eigenvalue weighted by Gasteiger charge is 2.41. The fourth-order valence-electron chi connectivity index (χ4n) is 2.79. The van der Waals surface area contributed by atoms with E-state index < -0.39 is 0 Å². The Balaban J connectivity index is 0.00000162. The molecule has 3 unspecified atom stereocenters. The molecule has 0 aliphatic carbocycles. The van der Waals surface area contributed by atoms with E-state index >= 15 is 0 Å². The fourth-order valence-corrected chi connectivity index (χ4v) is 2.79. The second-order valence-corrected chi connectivity index (χ2v) is 4.83. The predicted molar refractivity (Wildman–Crippen MR) is 69.6 cm³/mol. The quantitative estimate of drug-likeness (QED) is 0.749. The third kappa shape index (κ3) is 3.14. The topological polar surface area (TPSA) is 58.6 Å². The number of hydrogen-bond acceptors (Lipinski definition) is 4. The average molecular weight is 277 g/mol. The highest BCUT2D eigenvalue weighted by atomic mass is 35.5. The lowest BCUT2D eigenvalue weighted by atomic mass is 9.91. The number of halogens is 1. The molecule has 5 nitrogen and oxygen atoms in total. The molecule has 6 heteroatoms. The second-order valence-electron chi connectivity index (χ2n) is 4.83. The highest BCUT2D eigenvalue weighted by Crippen LogP contribution is 2.29. The molecular weight excluding hydrogens is 256 g/mol. The van der Waals surface area contributed by atoms with Gasteiger partial charge >= 0.3 is 5.97 Å². The van der Waals surface area contributed by atoms with Gasteiger partial charge in [0.1, 0.15) is 6.04 Å². The largest absolute Gasteiger partial charge is 0.465 e. The Morgan fingerprint density at radius 1 is 1.44 bits per heavy atom. The Morgan fingerprint density at radius 3 is 2.78 bits per heavy atom. The van der Waals surface area contributed by atoms with Crippen molar-refractivity contribution in [3.8, 4) is 0 Å². The van der Waals surface area contributed by atoms with Crippen LogP contribution in [0.15, 0.2) is 0 Å². The maximum atomic E-state index is 11.6. The first-order chi connectivity index (χ1) is 8.11. The van der Waals surface area contributed by atoms with Gasteiger partial charge in [-0.3, -0.25) is 14.9 Å². The van der Waals surface area contributed by atoms with Crippen LogP contribution in [0.5, 0.6) is 0 Å². The summed E-state index contributed by atoms with van der Waals surface area (Å²) in [6, 6.07) is 0.0684. The van der Waals surface area contributed by atoms with E-state index in [0.29, 0.717) is 12.5 Å². The lowest BCUT2D eigenvalue weighted by molar-refractivity contribution is -0.145. The Morgan fingerprint density at radius 2 is 2.17 bits per heavy atom. The molecule has 104 valence electrons. The van der Waals surface area contributed by atoms with Gasteiger partial charge in [0.2, 0.25) is 5.91 Å². The van der Waals surface area contributed by atoms with Crippen LogP contribution < -0.4 is 5.32 Å². The van der Waals surface area contributed by atoms with Crippen molar-refractivity contribution in [3.63, 3.8) is 0 Å². The first kappa shape index (κ1) is 15.2. The van der Waals surface area contributed by atoms with Gasteiger partial charge in [-0.1, -0.05) is 0 Å². The molecule has 2 saturated heterocycles. The van der Waals surface area contributed by atoms with E-state index in [2.05, 4.69) is 5.32 Å². The number of fused-ring (bicyclic) bond motifs is 1. The summed E-state index contributed by atoms with van der Waals surface area (Å²) in [5.41, 5.74) is 0. The number of piperidine rings is 1. The van der Waals surface area contributed by atoms with E-state index in [4.69, 9.17) is 4.74 Å². The molecular formula is C12H21ClN2O3. The molecule has 0 aromatic heterocycles. The number of ether oxygens (including phenoxy) is 1. The molecule has 2 heterocycles. The molecule has 1 amide bonds. The molecule has 3 atom stereocenters. The monoisotopic (exact) mass is 276 g/mol. The Hall–Kier alpha value is -0.810. The lowest BCUT2D eigenvalue weighted by Crippen LogP contribution is -2.49. The zero-order valence-corrected chi connectivity index (χ0v) is 11.7. The number of carbonyl (C=O) groups is 2. The number of esters is 1. The third-order valence-electron chi connectivity index (χ3n) is 3.73. The minimum atomic E-state index is -0.183. The van der Waals surface area contributed by atoms with Gasteiger partial charge in [-0.05, 0) is 25.7 Å². The Labute approximate surface area is 114 Å². The highest BCUT2D eigenvalue weighted by molar-refractivity contribution is 5.85. The van der Waals surface area contributed by atoms with Gasteiger partial charge in [-0.25, -0.2) is 0 Å². The number of amides is 1. The number of likely N-dealkylation sites (tertiary alicyclic amines) is 1. The summed E-state index contributed by atoms with van der Waals surface area (Å²) in [4.78, 5) is 24.8. The summed E-state index contributed by atoms with van der Waals surface area (Å²) in [6.07, 6.45) is 1.82. The van der Waals surface area contributed by atoms with Gasteiger partial charge in [-0.15, -0.1) is 12.4 Å². The van der Waals surface area contributed by atoms with Crippen molar-refractivity contribution < 1.29 is 14.3 Å². The summed E-state index contributed by atoms with van der Waals surface area (Å²) < 4.78 is 5.02. The van der Waals surface area contributed by atoms with Crippen molar-refractivity contribution in [1.82, 2.24) is 10.2 Å². The zero-order valence-electron chi connectivity index (χ0n) is 10.8. The van der Waals surface area contributed by atoms with E-state index in [1.54, 1.807) is 6.92 Å². The summed E-state index contributed by atoms with van der Waals surface area (Å²) in [7, 11) is 0. The minimum Gasteiger partial charge on any atom is -0.465 e.